The van der Waals surface area contributed by atoms with Crippen molar-refractivity contribution in [1.82, 2.24) is 14.9 Å². The number of hydrogen-bond donors (Lipinski definition) is 2. The van der Waals surface area contributed by atoms with Crippen LogP contribution in [0, 0.1) is 0 Å². The van der Waals surface area contributed by atoms with Crippen LogP contribution >= 0.6 is 23.2 Å². The fourth-order valence-electron chi connectivity index (χ4n) is 2.37. The number of halogens is 2. The van der Waals surface area contributed by atoms with Gasteiger partial charge in [-0.1, -0.05) is 43.1 Å². The van der Waals surface area contributed by atoms with E-state index < -0.39 is 10.0 Å². The third-order valence-corrected chi connectivity index (χ3v) is 6.34. The second kappa shape index (κ2) is 10.2. The van der Waals surface area contributed by atoms with Crippen molar-refractivity contribution in [2.45, 2.75) is 26.8 Å². The van der Waals surface area contributed by atoms with E-state index in [1.165, 1.54) is 4.31 Å². The third-order valence-electron chi connectivity index (χ3n) is 3.76. The van der Waals surface area contributed by atoms with Gasteiger partial charge in [0.1, 0.15) is 0 Å². The molecule has 1 atom stereocenters. The van der Waals surface area contributed by atoms with E-state index >= 15 is 0 Å². The number of aliphatic imine (C=N–C) groups is 1. The second-order valence-corrected chi connectivity index (χ2v) is 8.36. The SMILES string of the molecule is CCN(CC)S(=O)(=O)CCNC(=NC)NC(C)c1ccc(Cl)cc1Cl. The molecule has 0 radical (unpaired) electrons. The summed E-state index contributed by atoms with van der Waals surface area (Å²) in [4.78, 5) is 4.12. The first-order chi connectivity index (χ1) is 11.7. The Kier molecular flexibility index (Phi) is 8.99. The average Bonchev–Trinajstić information content (AvgIpc) is 2.54. The zero-order chi connectivity index (χ0) is 19.0. The van der Waals surface area contributed by atoms with Crippen LogP contribution in [0.1, 0.15) is 32.4 Å². The van der Waals surface area contributed by atoms with Crippen LogP contribution in [0.3, 0.4) is 0 Å². The van der Waals surface area contributed by atoms with Gasteiger partial charge in [0, 0.05) is 36.7 Å². The molecule has 0 aromatic heterocycles. The lowest BCUT2D eigenvalue weighted by molar-refractivity contribution is 0.445. The Hall–Kier alpha value is -1.02. The number of guanidine groups is 1. The van der Waals surface area contributed by atoms with Gasteiger partial charge in [-0.3, -0.25) is 4.99 Å². The molecule has 25 heavy (non-hydrogen) atoms. The van der Waals surface area contributed by atoms with Crippen LogP contribution in [-0.2, 0) is 10.0 Å². The van der Waals surface area contributed by atoms with Gasteiger partial charge in [-0.25, -0.2) is 12.7 Å². The van der Waals surface area contributed by atoms with E-state index in [0.717, 1.165) is 5.56 Å². The lowest BCUT2D eigenvalue weighted by atomic mass is 10.1. The zero-order valence-electron chi connectivity index (χ0n) is 15.0. The first kappa shape index (κ1) is 22.0. The van der Waals surface area contributed by atoms with Gasteiger partial charge in [0.2, 0.25) is 10.0 Å². The molecule has 0 fully saturated rings. The van der Waals surface area contributed by atoms with E-state index in [-0.39, 0.29) is 18.3 Å². The Morgan fingerprint density at radius 2 is 1.92 bits per heavy atom. The minimum absolute atomic E-state index is 0.00542. The number of benzene rings is 1. The molecule has 0 spiro atoms. The minimum atomic E-state index is -3.27. The number of nitrogens with zero attached hydrogens (tertiary/aromatic N) is 2. The van der Waals surface area contributed by atoms with Gasteiger partial charge < -0.3 is 10.6 Å². The molecule has 6 nitrogen and oxygen atoms in total. The van der Waals surface area contributed by atoms with E-state index in [4.69, 9.17) is 23.2 Å². The second-order valence-electron chi connectivity index (χ2n) is 5.43. The monoisotopic (exact) mass is 408 g/mol. The highest BCUT2D eigenvalue weighted by Crippen LogP contribution is 2.25. The van der Waals surface area contributed by atoms with Gasteiger partial charge in [0.15, 0.2) is 5.96 Å². The average molecular weight is 409 g/mol. The van der Waals surface area contributed by atoms with Crippen molar-refractivity contribution in [3.63, 3.8) is 0 Å². The Balaban J connectivity index is 2.63. The molecule has 0 amide bonds. The molecular weight excluding hydrogens is 383 g/mol. The molecule has 0 aliphatic carbocycles. The fourth-order valence-corrected chi connectivity index (χ4v) is 4.35. The molecule has 0 saturated heterocycles. The van der Waals surface area contributed by atoms with Gasteiger partial charge in [-0.15, -0.1) is 0 Å². The number of hydrogen-bond acceptors (Lipinski definition) is 3. The molecule has 1 rings (SSSR count). The van der Waals surface area contributed by atoms with E-state index in [1.807, 2.05) is 26.8 Å². The summed E-state index contributed by atoms with van der Waals surface area (Å²) in [7, 11) is -1.64. The molecular formula is C16H26Cl2N4O2S. The van der Waals surface area contributed by atoms with E-state index in [1.54, 1.807) is 19.2 Å². The van der Waals surface area contributed by atoms with E-state index in [0.29, 0.717) is 29.1 Å². The van der Waals surface area contributed by atoms with Crippen LogP contribution in [0.15, 0.2) is 23.2 Å². The molecule has 1 aromatic rings. The largest absolute Gasteiger partial charge is 0.355 e. The highest BCUT2D eigenvalue weighted by atomic mass is 35.5. The number of rotatable bonds is 8. The summed E-state index contributed by atoms with van der Waals surface area (Å²) < 4.78 is 25.8. The third kappa shape index (κ3) is 6.66. The molecule has 1 unspecified atom stereocenters. The first-order valence-electron chi connectivity index (χ1n) is 8.15. The van der Waals surface area contributed by atoms with Crippen molar-refractivity contribution in [2.24, 2.45) is 4.99 Å². The fraction of sp³-hybridized carbons (Fsp3) is 0.562. The van der Waals surface area contributed by atoms with Crippen LogP contribution < -0.4 is 10.6 Å². The maximum absolute atomic E-state index is 12.2. The van der Waals surface area contributed by atoms with Gasteiger partial charge in [0.25, 0.3) is 0 Å². The molecule has 1 aromatic carbocycles. The smallest absolute Gasteiger partial charge is 0.215 e. The highest BCUT2D eigenvalue weighted by molar-refractivity contribution is 7.89. The Morgan fingerprint density at radius 1 is 1.28 bits per heavy atom. The number of sulfonamides is 1. The molecule has 0 heterocycles. The van der Waals surface area contributed by atoms with Crippen LogP contribution in [0.4, 0.5) is 0 Å². The summed E-state index contributed by atoms with van der Waals surface area (Å²) in [6.45, 7) is 6.79. The lowest BCUT2D eigenvalue weighted by Crippen LogP contribution is -2.42. The quantitative estimate of drug-likeness (QED) is 0.512. The zero-order valence-corrected chi connectivity index (χ0v) is 17.3. The van der Waals surface area contributed by atoms with Crippen LogP contribution in [0.5, 0.6) is 0 Å². The lowest BCUT2D eigenvalue weighted by Gasteiger charge is -2.21. The Bertz CT molecular complexity index is 691. The Morgan fingerprint density at radius 3 is 2.44 bits per heavy atom. The maximum Gasteiger partial charge on any atom is 0.215 e. The van der Waals surface area contributed by atoms with Gasteiger partial charge >= 0.3 is 0 Å². The topological polar surface area (TPSA) is 73.8 Å². The van der Waals surface area contributed by atoms with Gasteiger partial charge in [-0.05, 0) is 24.6 Å². The molecule has 2 N–H and O–H groups in total. The predicted octanol–water partition coefficient (Wildman–Crippen LogP) is 2.89. The van der Waals surface area contributed by atoms with Crippen LogP contribution in [-0.4, -0.2) is 51.1 Å². The van der Waals surface area contributed by atoms with Crippen molar-refractivity contribution in [3.8, 4) is 0 Å². The van der Waals surface area contributed by atoms with Crippen molar-refractivity contribution in [2.75, 3.05) is 32.4 Å². The van der Waals surface area contributed by atoms with Crippen LogP contribution in [0.2, 0.25) is 10.0 Å². The van der Waals surface area contributed by atoms with E-state index in [9.17, 15) is 8.42 Å². The highest BCUT2D eigenvalue weighted by Gasteiger charge is 2.18. The minimum Gasteiger partial charge on any atom is -0.355 e. The maximum atomic E-state index is 12.2. The van der Waals surface area contributed by atoms with Crippen molar-refractivity contribution in [3.05, 3.63) is 33.8 Å². The molecule has 0 aliphatic rings. The normalized spacial score (nSPS) is 13.8. The summed E-state index contributed by atoms with van der Waals surface area (Å²) in [6, 6.07) is 5.19. The number of nitrogens with one attached hydrogen (secondary N) is 2. The summed E-state index contributed by atoms with van der Waals surface area (Å²) >= 11 is 12.1. The van der Waals surface area contributed by atoms with Crippen molar-refractivity contribution < 1.29 is 8.42 Å². The van der Waals surface area contributed by atoms with Crippen molar-refractivity contribution in [1.29, 1.82) is 0 Å². The van der Waals surface area contributed by atoms with E-state index in [2.05, 4.69) is 15.6 Å². The summed E-state index contributed by atoms with van der Waals surface area (Å²) in [5, 5.41) is 7.35. The summed E-state index contributed by atoms with van der Waals surface area (Å²) in [5.74, 6) is 0.513. The van der Waals surface area contributed by atoms with Crippen LogP contribution in [0.25, 0.3) is 0 Å². The first-order valence-corrected chi connectivity index (χ1v) is 10.5. The van der Waals surface area contributed by atoms with Crippen molar-refractivity contribution >= 4 is 39.2 Å². The van der Waals surface area contributed by atoms with Gasteiger partial charge in [0.05, 0.1) is 11.8 Å². The van der Waals surface area contributed by atoms with Gasteiger partial charge in [-0.2, -0.15) is 0 Å². The standard InChI is InChI=1S/C16H26Cl2N4O2S/c1-5-22(6-2)25(23,24)10-9-20-16(19-4)21-12(3)14-8-7-13(17)11-15(14)18/h7-8,11-12H,5-6,9-10H2,1-4H3,(H2,19,20,21). The predicted molar refractivity (Wildman–Crippen MR) is 106 cm³/mol. The molecule has 142 valence electrons. The summed E-state index contributed by atoms with van der Waals surface area (Å²) in [6.07, 6.45) is 0. The Labute approximate surface area is 160 Å². The summed E-state index contributed by atoms with van der Waals surface area (Å²) in [5.41, 5.74) is 0.879. The molecule has 0 aliphatic heterocycles. The molecule has 0 bridgehead atoms. The molecule has 9 heteroatoms. The molecule has 0 saturated carbocycles.